The molecule has 1 aliphatic heterocycles. The van der Waals surface area contributed by atoms with E-state index in [0.717, 1.165) is 25.9 Å². The standard InChI is InChI=1S/C15H23N3O3S.ClH/c1-18(2)15(19)13-3-5-14(6-4-13)22(20,21)17-10-8-12-7-9-16-11-12;/h3-6,12,16-17H,7-11H2,1-2H3;1H. The van der Waals surface area contributed by atoms with Gasteiger partial charge in [-0.2, -0.15) is 0 Å². The van der Waals surface area contributed by atoms with Gasteiger partial charge in [0.1, 0.15) is 0 Å². The first kappa shape index (κ1) is 19.9. The van der Waals surface area contributed by atoms with E-state index in [0.29, 0.717) is 18.0 Å². The van der Waals surface area contributed by atoms with E-state index < -0.39 is 10.0 Å². The Kier molecular flexibility index (Phi) is 7.47. The molecule has 0 bridgehead atoms. The van der Waals surface area contributed by atoms with Crippen LogP contribution in [0, 0.1) is 5.92 Å². The monoisotopic (exact) mass is 361 g/mol. The quantitative estimate of drug-likeness (QED) is 0.795. The van der Waals surface area contributed by atoms with Crippen molar-refractivity contribution in [3.05, 3.63) is 29.8 Å². The fourth-order valence-electron chi connectivity index (χ4n) is 2.48. The van der Waals surface area contributed by atoms with E-state index in [2.05, 4.69) is 10.0 Å². The highest BCUT2D eigenvalue weighted by Gasteiger charge is 2.18. The molecule has 1 fully saturated rings. The first-order valence-corrected chi connectivity index (χ1v) is 8.90. The second-order valence-corrected chi connectivity index (χ2v) is 7.54. The van der Waals surface area contributed by atoms with Crippen molar-refractivity contribution >= 4 is 28.3 Å². The Labute approximate surface area is 144 Å². The van der Waals surface area contributed by atoms with Crippen LogP contribution < -0.4 is 10.0 Å². The van der Waals surface area contributed by atoms with Crippen LogP contribution in [0.1, 0.15) is 23.2 Å². The highest BCUT2D eigenvalue weighted by atomic mass is 35.5. The zero-order chi connectivity index (χ0) is 16.2. The van der Waals surface area contributed by atoms with Gasteiger partial charge in [0.25, 0.3) is 5.91 Å². The van der Waals surface area contributed by atoms with E-state index in [1.807, 2.05) is 0 Å². The molecule has 1 aliphatic rings. The van der Waals surface area contributed by atoms with Gasteiger partial charge in [0.2, 0.25) is 10.0 Å². The zero-order valence-corrected chi connectivity index (χ0v) is 15.0. The van der Waals surface area contributed by atoms with Gasteiger partial charge in [-0.1, -0.05) is 0 Å². The molecule has 2 rings (SSSR count). The van der Waals surface area contributed by atoms with Gasteiger partial charge in [0.05, 0.1) is 4.90 Å². The normalized spacial score (nSPS) is 17.6. The van der Waals surface area contributed by atoms with Gasteiger partial charge in [0, 0.05) is 26.2 Å². The lowest BCUT2D eigenvalue weighted by Crippen LogP contribution is -2.27. The summed E-state index contributed by atoms with van der Waals surface area (Å²) in [5, 5.41) is 3.26. The molecule has 0 spiro atoms. The van der Waals surface area contributed by atoms with Crippen LogP contribution in [-0.2, 0) is 10.0 Å². The van der Waals surface area contributed by atoms with Crippen molar-refractivity contribution < 1.29 is 13.2 Å². The first-order chi connectivity index (χ1) is 10.4. The van der Waals surface area contributed by atoms with Crippen LogP contribution in [0.25, 0.3) is 0 Å². The number of amides is 1. The number of hydrogen-bond acceptors (Lipinski definition) is 4. The highest BCUT2D eigenvalue weighted by Crippen LogP contribution is 2.14. The average Bonchev–Trinajstić information content (AvgIpc) is 2.99. The molecule has 2 N–H and O–H groups in total. The van der Waals surface area contributed by atoms with Crippen LogP contribution in [0.4, 0.5) is 0 Å². The van der Waals surface area contributed by atoms with E-state index in [-0.39, 0.29) is 23.2 Å². The molecule has 0 saturated carbocycles. The summed E-state index contributed by atoms with van der Waals surface area (Å²) in [6, 6.07) is 6.02. The Morgan fingerprint density at radius 2 is 1.96 bits per heavy atom. The van der Waals surface area contributed by atoms with Crippen molar-refractivity contribution in [3.63, 3.8) is 0 Å². The smallest absolute Gasteiger partial charge is 0.253 e. The number of benzene rings is 1. The third-order valence-electron chi connectivity index (χ3n) is 3.82. The molecular weight excluding hydrogens is 338 g/mol. The van der Waals surface area contributed by atoms with Crippen molar-refractivity contribution in [2.24, 2.45) is 5.92 Å². The Hall–Kier alpha value is -1.15. The maximum Gasteiger partial charge on any atom is 0.253 e. The molecule has 8 heteroatoms. The van der Waals surface area contributed by atoms with Gasteiger partial charge in [0.15, 0.2) is 0 Å². The molecular formula is C15H24ClN3O3S. The molecule has 1 saturated heterocycles. The molecule has 0 aromatic heterocycles. The Balaban J connectivity index is 0.00000264. The third-order valence-corrected chi connectivity index (χ3v) is 5.30. The maximum absolute atomic E-state index is 12.2. The van der Waals surface area contributed by atoms with Crippen LogP contribution in [0.5, 0.6) is 0 Å². The van der Waals surface area contributed by atoms with Crippen molar-refractivity contribution in [3.8, 4) is 0 Å². The van der Waals surface area contributed by atoms with Gasteiger partial charge in [-0.3, -0.25) is 4.79 Å². The summed E-state index contributed by atoms with van der Waals surface area (Å²) < 4.78 is 27.0. The molecule has 1 aromatic carbocycles. The van der Waals surface area contributed by atoms with Crippen LogP contribution in [0.3, 0.4) is 0 Å². The highest BCUT2D eigenvalue weighted by molar-refractivity contribution is 7.89. The van der Waals surface area contributed by atoms with Crippen LogP contribution in [-0.4, -0.2) is 53.0 Å². The molecule has 1 amide bonds. The molecule has 6 nitrogen and oxygen atoms in total. The van der Waals surface area contributed by atoms with Gasteiger partial charge < -0.3 is 10.2 Å². The van der Waals surface area contributed by atoms with Gasteiger partial charge in [-0.05, 0) is 56.1 Å². The van der Waals surface area contributed by atoms with Gasteiger partial charge >= 0.3 is 0 Å². The van der Waals surface area contributed by atoms with Gasteiger partial charge in [-0.25, -0.2) is 13.1 Å². The molecule has 1 aromatic rings. The third kappa shape index (κ3) is 5.46. The van der Waals surface area contributed by atoms with Crippen molar-refractivity contribution in [1.82, 2.24) is 14.9 Å². The summed E-state index contributed by atoms with van der Waals surface area (Å²) in [6.45, 7) is 2.41. The fourth-order valence-corrected chi connectivity index (χ4v) is 3.52. The summed E-state index contributed by atoms with van der Waals surface area (Å²) in [5.74, 6) is 0.397. The molecule has 1 heterocycles. The van der Waals surface area contributed by atoms with E-state index in [1.165, 1.54) is 29.2 Å². The maximum atomic E-state index is 12.2. The number of sulfonamides is 1. The summed E-state index contributed by atoms with van der Waals surface area (Å²) in [6.07, 6.45) is 1.94. The number of nitrogens with zero attached hydrogens (tertiary/aromatic N) is 1. The van der Waals surface area contributed by atoms with E-state index in [9.17, 15) is 13.2 Å². The summed E-state index contributed by atoms with van der Waals surface area (Å²) in [4.78, 5) is 13.4. The Bertz CT molecular complexity index is 611. The molecule has 130 valence electrons. The zero-order valence-electron chi connectivity index (χ0n) is 13.4. The largest absolute Gasteiger partial charge is 0.345 e. The Morgan fingerprint density at radius 3 is 2.48 bits per heavy atom. The fraction of sp³-hybridized carbons (Fsp3) is 0.533. The minimum Gasteiger partial charge on any atom is -0.345 e. The van der Waals surface area contributed by atoms with Crippen molar-refractivity contribution in [1.29, 1.82) is 0 Å². The lowest BCUT2D eigenvalue weighted by Gasteiger charge is -2.12. The van der Waals surface area contributed by atoms with E-state index >= 15 is 0 Å². The minimum absolute atomic E-state index is 0. The van der Waals surface area contributed by atoms with E-state index in [1.54, 1.807) is 14.1 Å². The van der Waals surface area contributed by atoms with Crippen molar-refractivity contribution in [2.75, 3.05) is 33.7 Å². The number of nitrogens with one attached hydrogen (secondary N) is 2. The lowest BCUT2D eigenvalue weighted by molar-refractivity contribution is 0.0827. The average molecular weight is 362 g/mol. The number of carbonyl (C=O) groups is 1. The number of carbonyl (C=O) groups excluding carboxylic acids is 1. The van der Waals surface area contributed by atoms with Gasteiger partial charge in [-0.15, -0.1) is 12.4 Å². The van der Waals surface area contributed by atoms with Crippen molar-refractivity contribution in [2.45, 2.75) is 17.7 Å². The Morgan fingerprint density at radius 1 is 1.30 bits per heavy atom. The SMILES string of the molecule is CN(C)C(=O)c1ccc(S(=O)(=O)NCCC2CCNC2)cc1.Cl. The topological polar surface area (TPSA) is 78.5 Å². The molecule has 1 atom stereocenters. The predicted molar refractivity (Wildman–Crippen MR) is 92.5 cm³/mol. The molecule has 0 radical (unpaired) electrons. The van der Waals surface area contributed by atoms with Crippen LogP contribution >= 0.6 is 12.4 Å². The lowest BCUT2D eigenvalue weighted by atomic mass is 10.1. The molecule has 23 heavy (non-hydrogen) atoms. The van der Waals surface area contributed by atoms with Crippen LogP contribution in [0.2, 0.25) is 0 Å². The molecule has 1 unspecified atom stereocenters. The minimum atomic E-state index is -3.51. The predicted octanol–water partition coefficient (Wildman–Crippen LogP) is 1.09. The van der Waals surface area contributed by atoms with E-state index in [4.69, 9.17) is 0 Å². The number of rotatable bonds is 6. The summed E-state index contributed by atoms with van der Waals surface area (Å²) in [5.41, 5.74) is 0.473. The summed E-state index contributed by atoms with van der Waals surface area (Å²) in [7, 11) is -0.192. The second-order valence-electron chi connectivity index (χ2n) is 5.77. The molecule has 0 aliphatic carbocycles. The second kappa shape index (κ2) is 8.63. The summed E-state index contributed by atoms with van der Waals surface area (Å²) >= 11 is 0. The first-order valence-electron chi connectivity index (χ1n) is 7.42. The number of hydrogen-bond donors (Lipinski definition) is 2. The number of halogens is 1. The van der Waals surface area contributed by atoms with Crippen LogP contribution in [0.15, 0.2) is 29.2 Å².